The van der Waals surface area contributed by atoms with Crippen molar-refractivity contribution < 1.29 is 14.4 Å². The Kier molecular flexibility index (Phi) is 3.38. The topological polar surface area (TPSA) is 81.4 Å². The van der Waals surface area contributed by atoms with E-state index in [1.165, 1.54) is 0 Å². The lowest BCUT2D eigenvalue weighted by Gasteiger charge is -1.97. The van der Waals surface area contributed by atoms with Crippen molar-refractivity contribution in [1.29, 1.82) is 0 Å². The summed E-state index contributed by atoms with van der Waals surface area (Å²) in [6.45, 7) is 1.97. The van der Waals surface area contributed by atoms with E-state index in [9.17, 15) is 9.59 Å². The van der Waals surface area contributed by atoms with Gasteiger partial charge in [-0.3, -0.25) is 14.4 Å². The molecule has 0 heterocycles. The van der Waals surface area contributed by atoms with Crippen molar-refractivity contribution in [1.82, 2.24) is 5.48 Å². The highest BCUT2D eigenvalue weighted by molar-refractivity contribution is 6.34. The molecule has 5 nitrogen and oxygen atoms in total. The van der Waals surface area contributed by atoms with Crippen LogP contribution in [0.3, 0.4) is 0 Å². The van der Waals surface area contributed by atoms with E-state index in [4.69, 9.17) is 0 Å². The van der Waals surface area contributed by atoms with Gasteiger partial charge in [-0.15, -0.1) is 0 Å². The number of hydrogen-bond donors (Lipinski definition) is 2. The number of carbonyl (C=O) groups is 2. The summed E-state index contributed by atoms with van der Waals surface area (Å²) in [4.78, 5) is 24.5. The quantitative estimate of drug-likeness (QED) is 0.356. The number of nitrogens with one attached hydrogen (secondary N) is 1. The number of nitrogens with two attached hydrogens (primary N) is 1. The van der Waals surface area contributed by atoms with E-state index in [2.05, 4.69) is 10.6 Å². The molecule has 0 radical (unpaired) electrons. The molecule has 5 heteroatoms. The molecule has 0 aromatic rings. The number of amides is 2. The minimum Gasteiger partial charge on any atom is -0.361 e. The Labute approximate surface area is 52.1 Å². The summed E-state index contributed by atoms with van der Waals surface area (Å²) in [6, 6.07) is 0. The number of hydroxylamine groups is 1. The molecule has 0 aromatic heterocycles. The molecule has 0 fully saturated rings. The molecule has 0 aliphatic heterocycles. The van der Waals surface area contributed by atoms with Gasteiger partial charge in [0.05, 0.1) is 6.61 Å². The molecule has 0 saturated heterocycles. The van der Waals surface area contributed by atoms with E-state index in [1.54, 1.807) is 6.92 Å². The molecule has 0 saturated carbocycles. The van der Waals surface area contributed by atoms with Crippen LogP contribution in [0.1, 0.15) is 6.92 Å². The first-order valence-electron chi connectivity index (χ1n) is 2.40. The van der Waals surface area contributed by atoms with Crippen LogP contribution < -0.4 is 11.2 Å². The Morgan fingerprint density at radius 3 is 2.56 bits per heavy atom. The molecule has 0 aromatic carbocycles. The molecule has 0 atom stereocenters. The van der Waals surface area contributed by atoms with E-state index >= 15 is 0 Å². The van der Waals surface area contributed by atoms with E-state index in [0.717, 1.165) is 0 Å². The average Bonchev–Trinajstić information content (AvgIpc) is 1.82. The normalized spacial score (nSPS) is 8.56. The number of hydrogen-bond acceptors (Lipinski definition) is 3. The molecule has 0 rings (SSSR count). The van der Waals surface area contributed by atoms with Crippen LogP contribution in [0.15, 0.2) is 0 Å². The summed E-state index contributed by atoms with van der Waals surface area (Å²) in [5.41, 5.74) is 6.36. The molecule has 0 spiro atoms. The van der Waals surface area contributed by atoms with Crippen molar-refractivity contribution in [2.45, 2.75) is 6.92 Å². The minimum atomic E-state index is -1.05. The SMILES string of the molecule is CCONC(=O)C(N)=O. The smallest absolute Gasteiger partial charge is 0.332 e. The van der Waals surface area contributed by atoms with Gasteiger partial charge in [0.2, 0.25) is 0 Å². The maximum absolute atomic E-state index is 10.2. The van der Waals surface area contributed by atoms with E-state index in [0.29, 0.717) is 6.61 Å². The molecule has 9 heavy (non-hydrogen) atoms. The van der Waals surface area contributed by atoms with Crippen LogP contribution in [0, 0.1) is 0 Å². The Hall–Kier alpha value is -1.10. The maximum atomic E-state index is 10.2. The summed E-state index contributed by atoms with van der Waals surface area (Å²) >= 11 is 0. The monoisotopic (exact) mass is 132 g/mol. The molecular weight excluding hydrogens is 124 g/mol. The fraction of sp³-hybridized carbons (Fsp3) is 0.500. The van der Waals surface area contributed by atoms with E-state index in [1.807, 2.05) is 5.48 Å². The molecule has 0 aliphatic carbocycles. The largest absolute Gasteiger partial charge is 0.361 e. The van der Waals surface area contributed by atoms with Gasteiger partial charge in [-0.05, 0) is 6.92 Å². The van der Waals surface area contributed by atoms with Crippen LogP contribution in [0.25, 0.3) is 0 Å². The highest BCUT2D eigenvalue weighted by atomic mass is 16.6. The molecule has 2 amide bonds. The lowest BCUT2D eigenvalue weighted by atomic mass is 10.6. The number of rotatable bonds is 2. The van der Waals surface area contributed by atoms with Crippen molar-refractivity contribution in [3.8, 4) is 0 Å². The zero-order valence-corrected chi connectivity index (χ0v) is 5.01. The first kappa shape index (κ1) is 7.90. The molecule has 3 N–H and O–H groups in total. The third-order valence-corrected chi connectivity index (χ3v) is 0.533. The minimum absolute atomic E-state index is 0.305. The Morgan fingerprint density at radius 2 is 2.22 bits per heavy atom. The second kappa shape index (κ2) is 3.85. The standard InChI is InChI=1S/C4H8N2O3/c1-2-9-6-4(8)3(5)7/h2H2,1H3,(H2,5,7)(H,6,8). The highest BCUT2D eigenvalue weighted by Crippen LogP contribution is 1.64. The lowest BCUT2D eigenvalue weighted by molar-refractivity contribution is -0.145. The van der Waals surface area contributed by atoms with Crippen molar-refractivity contribution in [2.24, 2.45) is 5.73 Å². The van der Waals surface area contributed by atoms with Gasteiger partial charge in [-0.25, -0.2) is 5.48 Å². The number of primary amides is 1. The third-order valence-electron chi connectivity index (χ3n) is 0.533. The zero-order valence-electron chi connectivity index (χ0n) is 5.01. The van der Waals surface area contributed by atoms with Gasteiger partial charge < -0.3 is 5.73 Å². The van der Waals surface area contributed by atoms with Crippen LogP contribution in [0.5, 0.6) is 0 Å². The molecule has 0 bridgehead atoms. The van der Waals surface area contributed by atoms with Crippen LogP contribution in [-0.2, 0) is 14.4 Å². The molecule has 0 aliphatic rings. The first-order chi connectivity index (χ1) is 4.18. The molecule has 52 valence electrons. The fourth-order valence-corrected chi connectivity index (χ4v) is 0.188. The van der Waals surface area contributed by atoms with Gasteiger partial charge in [0.15, 0.2) is 0 Å². The molecular formula is C4H8N2O3. The van der Waals surface area contributed by atoms with Gasteiger partial charge >= 0.3 is 11.8 Å². The van der Waals surface area contributed by atoms with Crippen LogP contribution in [0.4, 0.5) is 0 Å². The van der Waals surface area contributed by atoms with Crippen molar-refractivity contribution in [3.05, 3.63) is 0 Å². The summed E-state index contributed by atoms with van der Waals surface area (Å²) in [7, 11) is 0. The van der Waals surface area contributed by atoms with Gasteiger partial charge in [0, 0.05) is 0 Å². The Bertz CT molecular complexity index is 123. The fourth-order valence-electron chi connectivity index (χ4n) is 0.188. The molecule has 0 unspecified atom stereocenters. The maximum Gasteiger partial charge on any atom is 0.332 e. The van der Waals surface area contributed by atoms with E-state index < -0.39 is 11.8 Å². The van der Waals surface area contributed by atoms with Crippen molar-refractivity contribution >= 4 is 11.8 Å². The van der Waals surface area contributed by atoms with Gasteiger partial charge in [-0.1, -0.05) is 0 Å². The predicted molar refractivity (Wildman–Crippen MR) is 29.0 cm³/mol. The van der Waals surface area contributed by atoms with Gasteiger partial charge in [0.1, 0.15) is 0 Å². The van der Waals surface area contributed by atoms with Crippen molar-refractivity contribution in [2.75, 3.05) is 6.61 Å². The number of carbonyl (C=O) groups excluding carboxylic acids is 2. The van der Waals surface area contributed by atoms with Gasteiger partial charge in [0.25, 0.3) is 0 Å². The average molecular weight is 132 g/mol. The van der Waals surface area contributed by atoms with Gasteiger partial charge in [-0.2, -0.15) is 0 Å². The van der Waals surface area contributed by atoms with E-state index in [-0.39, 0.29) is 0 Å². The lowest BCUT2D eigenvalue weighted by Crippen LogP contribution is -2.35. The Morgan fingerprint density at radius 1 is 1.67 bits per heavy atom. The summed E-state index contributed by atoms with van der Waals surface area (Å²) in [5, 5.41) is 0. The van der Waals surface area contributed by atoms with Crippen LogP contribution >= 0.6 is 0 Å². The highest BCUT2D eigenvalue weighted by Gasteiger charge is 2.05. The Balaban J connectivity index is 3.39. The second-order valence-electron chi connectivity index (χ2n) is 1.23. The van der Waals surface area contributed by atoms with Crippen molar-refractivity contribution in [3.63, 3.8) is 0 Å². The summed E-state index contributed by atoms with van der Waals surface area (Å²) in [6.07, 6.45) is 0. The van der Waals surface area contributed by atoms with Crippen LogP contribution in [-0.4, -0.2) is 18.4 Å². The van der Waals surface area contributed by atoms with Crippen LogP contribution in [0.2, 0.25) is 0 Å². The summed E-state index contributed by atoms with van der Waals surface area (Å²) < 4.78 is 0. The zero-order chi connectivity index (χ0) is 7.28. The predicted octanol–water partition coefficient (Wildman–Crippen LogP) is -1.46. The summed E-state index contributed by atoms with van der Waals surface area (Å²) in [5.74, 6) is -1.99. The second-order valence-corrected chi connectivity index (χ2v) is 1.23. The first-order valence-corrected chi connectivity index (χ1v) is 2.40. The third kappa shape index (κ3) is 3.48.